The minimum atomic E-state index is -1.27. The molecule has 1 heterocycles. The van der Waals surface area contributed by atoms with E-state index in [1.165, 1.54) is 13.8 Å². The van der Waals surface area contributed by atoms with Gasteiger partial charge in [0.05, 0.1) is 18.8 Å². The van der Waals surface area contributed by atoms with Crippen LogP contribution in [0, 0.1) is 6.92 Å². The van der Waals surface area contributed by atoms with Crippen LogP contribution in [0.5, 0.6) is 0 Å². The van der Waals surface area contributed by atoms with Gasteiger partial charge in [0.2, 0.25) is 0 Å². The van der Waals surface area contributed by atoms with E-state index in [0.717, 1.165) is 0 Å². The SMILES string of the molecule is CCOC(=O)C(=O)n1oc(=O)c(C)c1C(=O)OCC. The quantitative estimate of drug-likeness (QED) is 0.568. The third-order valence-electron chi connectivity index (χ3n) is 2.14. The summed E-state index contributed by atoms with van der Waals surface area (Å²) in [6.07, 6.45) is 0. The first kappa shape index (κ1) is 14.7. The zero-order valence-corrected chi connectivity index (χ0v) is 10.7. The molecule has 8 nitrogen and oxygen atoms in total. The van der Waals surface area contributed by atoms with E-state index in [-0.39, 0.29) is 18.8 Å². The van der Waals surface area contributed by atoms with Crippen LogP contribution in [0.25, 0.3) is 0 Å². The molecule has 0 radical (unpaired) electrons. The minimum Gasteiger partial charge on any atom is -0.461 e. The van der Waals surface area contributed by atoms with Crippen LogP contribution < -0.4 is 5.63 Å². The summed E-state index contributed by atoms with van der Waals surface area (Å²) in [4.78, 5) is 46.0. The fourth-order valence-corrected chi connectivity index (χ4v) is 1.30. The summed E-state index contributed by atoms with van der Waals surface area (Å²) in [7, 11) is 0. The average molecular weight is 271 g/mol. The van der Waals surface area contributed by atoms with E-state index in [1.807, 2.05) is 0 Å². The maximum absolute atomic E-state index is 11.7. The largest absolute Gasteiger partial charge is 0.461 e. The van der Waals surface area contributed by atoms with E-state index in [1.54, 1.807) is 6.92 Å². The number of aromatic nitrogens is 1. The molecule has 0 N–H and O–H groups in total. The molecular formula is C11H13NO7. The molecule has 0 amide bonds. The monoisotopic (exact) mass is 271 g/mol. The summed E-state index contributed by atoms with van der Waals surface area (Å²) in [5, 5.41) is 0. The van der Waals surface area contributed by atoms with Gasteiger partial charge in [-0.25, -0.2) is 14.4 Å². The second kappa shape index (κ2) is 5.98. The van der Waals surface area contributed by atoms with Crippen LogP contribution in [0.2, 0.25) is 0 Å². The van der Waals surface area contributed by atoms with Gasteiger partial charge in [0, 0.05) is 0 Å². The Balaban J connectivity index is 3.25. The molecule has 0 saturated heterocycles. The molecule has 0 fully saturated rings. The average Bonchev–Trinajstić information content (AvgIpc) is 2.65. The van der Waals surface area contributed by atoms with Crippen LogP contribution in [0.3, 0.4) is 0 Å². The minimum absolute atomic E-state index is 0.0240. The Kier molecular flexibility index (Phi) is 4.62. The molecule has 0 aliphatic carbocycles. The number of rotatable bonds is 3. The Morgan fingerprint density at radius 2 is 1.74 bits per heavy atom. The number of hydrogen-bond donors (Lipinski definition) is 0. The highest BCUT2D eigenvalue weighted by atomic mass is 16.6. The van der Waals surface area contributed by atoms with Crippen molar-refractivity contribution in [2.45, 2.75) is 20.8 Å². The van der Waals surface area contributed by atoms with E-state index in [4.69, 9.17) is 0 Å². The zero-order chi connectivity index (χ0) is 14.6. The molecule has 0 bridgehead atoms. The lowest BCUT2D eigenvalue weighted by atomic mass is 10.2. The Hall–Kier alpha value is -2.38. The molecule has 0 aliphatic heterocycles. The summed E-state index contributed by atoms with van der Waals surface area (Å²) >= 11 is 0. The van der Waals surface area contributed by atoms with Crippen LogP contribution in [0.4, 0.5) is 0 Å². The predicted octanol–water partition coefficient (Wildman–Crippen LogP) is 0.130. The molecule has 0 saturated carbocycles. The number of carbonyl (C=O) groups excluding carboxylic acids is 3. The first-order chi connectivity index (χ1) is 8.93. The lowest BCUT2D eigenvalue weighted by Crippen LogP contribution is -2.27. The van der Waals surface area contributed by atoms with Crippen LogP contribution in [-0.4, -0.2) is 35.8 Å². The summed E-state index contributed by atoms with van der Waals surface area (Å²) < 4.78 is 14.0. The van der Waals surface area contributed by atoms with Crippen molar-refractivity contribution in [2.75, 3.05) is 13.2 Å². The molecule has 19 heavy (non-hydrogen) atoms. The van der Waals surface area contributed by atoms with Crippen molar-refractivity contribution in [3.63, 3.8) is 0 Å². The van der Waals surface area contributed by atoms with Crippen LogP contribution in [0.1, 0.15) is 34.7 Å². The van der Waals surface area contributed by atoms with Gasteiger partial charge in [-0.3, -0.25) is 4.79 Å². The topological polar surface area (TPSA) is 105 Å². The lowest BCUT2D eigenvalue weighted by molar-refractivity contribution is -0.138. The second-order valence-corrected chi connectivity index (χ2v) is 3.39. The van der Waals surface area contributed by atoms with E-state index in [2.05, 4.69) is 14.0 Å². The summed E-state index contributed by atoms with van der Waals surface area (Å²) in [6, 6.07) is 0. The standard InChI is InChI=1S/C11H13NO7/c1-4-17-10(15)7-6(3)9(14)19-12(7)8(13)11(16)18-5-2/h4-5H2,1-3H3. The highest BCUT2D eigenvalue weighted by Crippen LogP contribution is 2.08. The number of nitrogens with zero attached hydrogens (tertiary/aromatic N) is 1. The number of ether oxygens (including phenoxy) is 2. The molecule has 1 aromatic heterocycles. The van der Waals surface area contributed by atoms with Crippen LogP contribution in [0.15, 0.2) is 9.32 Å². The molecule has 104 valence electrons. The normalized spacial score (nSPS) is 10.1. The van der Waals surface area contributed by atoms with Crippen LogP contribution in [-0.2, 0) is 14.3 Å². The van der Waals surface area contributed by atoms with E-state index < -0.39 is 29.2 Å². The Morgan fingerprint density at radius 1 is 1.16 bits per heavy atom. The van der Waals surface area contributed by atoms with Gasteiger partial charge in [-0.05, 0) is 20.8 Å². The van der Waals surface area contributed by atoms with Gasteiger partial charge in [-0.15, -0.1) is 4.74 Å². The van der Waals surface area contributed by atoms with Gasteiger partial charge >= 0.3 is 23.5 Å². The lowest BCUT2D eigenvalue weighted by Gasteiger charge is -2.04. The first-order valence-corrected chi connectivity index (χ1v) is 5.55. The summed E-state index contributed by atoms with van der Waals surface area (Å²) in [5.41, 5.74) is -1.43. The highest BCUT2D eigenvalue weighted by Gasteiger charge is 2.30. The third kappa shape index (κ3) is 2.90. The van der Waals surface area contributed by atoms with Crippen molar-refractivity contribution < 1.29 is 28.4 Å². The molecule has 0 unspecified atom stereocenters. The van der Waals surface area contributed by atoms with Crippen molar-refractivity contribution in [1.82, 2.24) is 4.74 Å². The van der Waals surface area contributed by atoms with Crippen molar-refractivity contribution in [1.29, 1.82) is 0 Å². The smallest absolute Gasteiger partial charge is 0.400 e. The maximum Gasteiger partial charge on any atom is 0.400 e. The van der Waals surface area contributed by atoms with Gasteiger partial charge in [0.1, 0.15) is 0 Å². The molecule has 0 aromatic carbocycles. The molecule has 0 spiro atoms. The van der Waals surface area contributed by atoms with E-state index >= 15 is 0 Å². The van der Waals surface area contributed by atoms with E-state index in [9.17, 15) is 19.2 Å². The van der Waals surface area contributed by atoms with E-state index in [0.29, 0.717) is 4.74 Å². The van der Waals surface area contributed by atoms with Crippen LogP contribution >= 0.6 is 0 Å². The highest BCUT2D eigenvalue weighted by molar-refractivity contribution is 6.33. The van der Waals surface area contributed by atoms with Crippen molar-refractivity contribution in [3.8, 4) is 0 Å². The second-order valence-electron chi connectivity index (χ2n) is 3.39. The van der Waals surface area contributed by atoms with Gasteiger partial charge in [-0.1, -0.05) is 0 Å². The van der Waals surface area contributed by atoms with Crippen molar-refractivity contribution in [3.05, 3.63) is 21.7 Å². The molecule has 1 rings (SSSR count). The summed E-state index contributed by atoms with van der Waals surface area (Å²) in [5.74, 6) is -3.43. The maximum atomic E-state index is 11.7. The number of carbonyl (C=O) groups is 3. The van der Waals surface area contributed by atoms with Gasteiger partial charge in [0.25, 0.3) is 0 Å². The molecular weight excluding hydrogens is 258 g/mol. The Labute approximate surface area is 107 Å². The predicted molar refractivity (Wildman–Crippen MR) is 60.9 cm³/mol. The summed E-state index contributed by atoms with van der Waals surface area (Å²) in [6.45, 7) is 4.37. The van der Waals surface area contributed by atoms with Crippen molar-refractivity contribution in [2.24, 2.45) is 0 Å². The van der Waals surface area contributed by atoms with Gasteiger partial charge in [0.15, 0.2) is 5.69 Å². The fourth-order valence-electron chi connectivity index (χ4n) is 1.30. The zero-order valence-electron chi connectivity index (χ0n) is 10.7. The Bertz CT molecular complexity index is 566. The fraction of sp³-hybridized carbons (Fsp3) is 0.455. The Morgan fingerprint density at radius 3 is 2.26 bits per heavy atom. The third-order valence-corrected chi connectivity index (χ3v) is 2.14. The molecule has 0 atom stereocenters. The molecule has 0 aliphatic rings. The van der Waals surface area contributed by atoms with Gasteiger partial charge in [-0.2, -0.15) is 0 Å². The number of esters is 2. The molecule has 1 aromatic rings. The first-order valence-electron chi connectivity index (χ1n) is 5.55. The van der Waals surface area contributed by atoms with Crippen molar-refractivity contribution >= 4 is 17.8 Å². The number of hydrogen-bond acceptors (Lipinski definition) is 7. The molecule has 8 heteroatoms. The van der Waals surface area contributed by atoms with Gasteiger partial charge < -0.3 is 14.0 Å².